The van der Waals surface area contributed by atoms with E-state index in [2.05, 4.69) is 44.4 Å². The first kappa shape index (κ1) is 12.9. The van der Waals surface area contributed by atoms with Gasteiger partial charge in [0.1, 0.15) is 0 Å². The van der Waals surface area contributed by atoms with Crippen LogP contribution in [-0.2, 0) is 0 Å². The van der Waals surface area contributed by atoms with Crippen LogP contribution in [0, 0.1) is 0 Å². The van der Waals surface area contributed by atoms with Crippen molar-refractivity contribution < 1.29 is 0 Å². The average Bonchev–Trinajstić information content (AvgIpc) is 3.03. The van der Waals surface area contributed by atoms with Gasteiger partial charge in [-0.2, -0.15) is 0 Å². The Hall–Kier alpha value is -0.560. The molecule has 0 aromatic rings. The molecule has 1 aliphatic carbocycles. The lowest BCUT2D eigenvalue weighted by Crippen LogP contribution is -2.33. The highest BCUT2D eigenvalue weighted by Crippen LogP contribution is 2.47. The molecule has 1 nitrogen and oxygen atoms in total. The Balaban J connectivity index is 1.95. The van der Waals surface area contributed by atoms with E-state index in [9.17, 15) is 0 Å². The summed E-state index contributed by atoms with van der Waals surface area (Å²) in [5, 5.41) is 0. The van der Waals surface area contributed by atoms with Crippen LogP contribution < -0.4 is 0 Å². The average molecular weight is 233 g/mol. The van der Waals surface area contributed by atoms with Crippen LogP contribution in [0.25, 0.3) is 0 Å². The molecule has 2 fully saturated rings. The van der Waals surface area contributed by atoms with Crippen LogP contribution in [0.2, 0.25) is 0 Å². The maximum atomic E-state index is 4.09. The highest BCUT2D eigenvalue weighted by atomic mass is 15.4. The summed E-state index contributed by atoms with van der Waals surface area (Å²) in [6.07, 6.45) is 12.6. The van der Waals surface area contributed by atoms with E-state index in [0.717, 1.165) is 12.1 Å². The molecule has 1 saturated carbocycles. The van der Waals surface area contributed by atoms with Gasteiger partial charge in [-0.25, -0.2) is 0 Å². The Bertz CT molecular complexity index is 301. The number of rotatable bonds is 5. The lowest BCUT2D eigenvalue weighted by atomic mass is 9.95. The van der Waals surface area contributed by atoms with Crippen LogP contribution in [0.1, 0.15) is 59.3 Å². The summed E-state index contributed by atoms with van der Waals surface area (Å²) < 4.78 is 0. The topological polar surface area (TPSA) is 3.01 Å². The first-order chi connectivity index (χ1) is 8.08. The van der Waals surface area contributed by atoms with E-state index in [-0.39, 0.29) is 5.54 Å². The Kier molecular flexibility index (Phi) is 3.77. The van der Waals surface area contributed by atoms with Gasteiger partial charge in [0, 0.05) is 17.6 Å². The number of hydrogen-bond acceptors (Lipinski definition) is 1. The molecule has 96 valence electrons. The largest absolute Gasteiger partial charge is 0.285 e. The fraction of sp³-hybridized carbons (Fsp3) is 0.750. The molecule has 0 aromatic carbocycles. The SMILES string of the molecule is C=CC(C)(CCC=C(C)C)N1C2CCCCC21. The fourth-order valence-electron chi connectivity index (χ4n) is 3.45. The summed E-state index contributed by atoms with van der Waals surface area (Å²) in [5.41, 5.74) is 1.66. The van der Waals surface area contributed by atoms with Crippen LogP contribution in [0.15, 0.2) is 24.3 Å². The summed E-state index contributed by atoms with van der Waals surface area (Å²) in [4.78, 5) is 2.73. The van der Waals surface area contributed by atoms with Gasteiger partial charge in [0.2, 0.25) is 0 Å². The number of allylic oxidation sites excluding steroid dienone is 2. The van der Waals surface area contributed by atoms with Crippen molar-refractivity contribution in [2.75, 3.05) is 0 Å². The van der Waals surface area contributed by atoms with E-state index in [1.54, 1.807) is 0 Å². The minimum absolute atomic E-state index is 0.228. The second kappa shape index (κ2) is 4.97. The lowest BCUT2D eigenvalue weighted by Gasteiger charge is -2.29. The van der Waals surface area contributed by atoms with Crippen LogP contribution in [0.4, 0.5) is 0 Å². The van der Waals surface area contributed by atoms with Crippen molar-refractivity contribution in [1.82, 2.24) is 4.90 Å². The van der Waals surface area contributed by atoms with Crippen LogP contribution in [-0.4, -0.2) is 22.5 Å². The Morgan fingerprint density at radius 2 is 1.88 bits per heavy atom. The van der Waals surface area contributed by atoms with Gasteiger partial charge < -0.3 is 0 Å². The second-order valence-electron chi connectivity index (χ2n) is 6.21. The standard InChI is InChI=1S/C16H27N/c1-5-16(4,12-8-9-13(2)3)17-14-10-6-7-11-15(14)17/h5,9,14-15H,1,6-8,10-12H2,2-4H3. The molecule has 3 unspecified atom stereocenters. The zero-order valence-corrected chi connectivity index (χ0v) is 11.7. The minimum Gasteiger partial charge on any atom is -0.285 e. The van der Waals surface area contributed by atoms with E-state index in [4.69, 9.17) is 0 Å². The van der Waals surface area contributed by atoms with E-state index in [0.29, 0.717) is 0 Å². The zero-order valence-electron chi connectivity index (χ0n) is 11.7. The maximum absolute atomic E-state index is 4.09. The van der Waals surface area contributed by atoms with Gasteiger partial charge in [0.05, 0.1) is 0 Å². The van der Waals surface area contributed by atoms with Gasteiger partial charge in [0.15, 0.2) is 0 Å². The van der Waals surface area contributed by atoms with Gasteiger partial charge >= 0.3 is 0 Å². The first-order valence-electron chi connectivity index (χ1n) is 7.14. The van der Waals surface area contributed by atoms with Crippen molar-refractivity contribution in [1.29, 1.82) is 0 Å². The smallest absolute Gasteiger partial charge is 0.0370 e. The Morgan fingerprint density at radius 1 is 1.29 bits per heavy atom. The lowest BCUT2D eigenvalue weighted by molar-refractivity contribution is 0.265. The molecule has 0 radical (unpaired) electrons. The molecule has 0 bridgehead atoms. The van der Waals surface area contributed by atoms with Crippen molar-refractivity contribution in [3.05, 3.63) is 24.3 Å². The first-order valence-corrected chi connectivity index (χ1v) is 7.14. The highest BCUT2D eigenvalue weighted by molar-refractivity contribution is 5.17. The van der Waals surface area contributed by atoms with Gasteiger partial charge in [0.25, 0.3) is 0 Å². The highest BCUT2D eigenvalue weighted by Gasteiger charge is 2.54. The third-order valence-electron chi connectivity index (χ3n) is 4.55. The zero-order chi connectivity index (χ0) is 12.5. The molecule has 0 aromatic heterocycles. The van der Waals surface area contributed by atoms with Gasteiger partial charge in [-0.3, -0.25) is 4.90 Å². The van der Waals surface area contributed by atoms with Gasteiger partial charge in [-0.05, 0) is 46.5 Å². The Labute approximate surface area is 107 Å². The van der Waals surface area contributed by atoms with E-state index in [1.165, 1.54) is 44.1 Å². The summed E-state index contributed by atoms with van der Waals surface area (Å²) >= 11 is 0. The van der Waals surface area contributed by atoms with Gasteiger partial charge in [-0.1, -0.05) is 30.6 Å². The predicted octanol–water partition coefficient (Wildman–Crippen LogP) is 4.30. The molecule has 1 heteroatoms. The monoisotopic (exact) mass is 233 g/mol. The van der Waals surface area contributed by atoms with E-state index < -0.39 is 0 Å². The number of likely N-dealkylation sites (tertiary alicyclic amines) is 1. The van der Waals surface area contributed by atoms with Gasteiger partial charge in [-0.15, -0.1) is 6.58 Å². The molecule has 2 aliphatic rings. The normalized spacial score (nSPS) is 34.4. The number of fused-ring (bicyclic) bond motifs is 1. The van der Waals surface area contributed by atoms with Crippen LogP contribution in [0.5, 0.6) is 0 Å². The second-order valence-corrected chi connectivity index (χ2v) is 6.21. The molecular formula is C16H27N. The molecule has 0 spiro atoms. The molecule has 17 heavy (non-hydrogen) atoms. The van der Waals surface area contributed by atoms with Crippen molar-refractivity contribution in [3.63, 3.8) is 0 Å². The molecule has 0 amide bonds. The third-order valence-corrected chi connectivity index (χ3v) is 4.55. The van der Waals surface area contributed by atoms with Crippen molar-refractivity contribution in [2.45, 2.75) is 76.9 Å². The summed E-state index contributed by atoms with van der Waals surface area (Å²) in [5.74, 6) is 0. The van der Waals surface area contributed by atoms with E-state index in [1.807, 2.05) is 0 Å². The maximum Gasteiger partial charge on any atom is 0.0370 e. The Morgan fingerprint density at radius 3 is 2.35 bits per heavy atom. The van der Waals surface area contributed by atoms with Crippen molar-refractivity contribution in [3.8, 4) is 0 Å². The fourth-order valence-corrected chi connectivity index (χ4v) is 3.45. The van der Waals surface area contributed by atoms with E-state index >= 15 is 0 Å². The third kappa shape index (κ3) is 2.65. The quantitative estimate of drug-likeness (QED) is 0.505. The summed E-state index contributed by atoms with van der Waals surface area (Å²) in [6.45, 7) is 10.8. The predicted molar refractivity (Wildman–Crippen MR) is 75.2 cm³/mol. The molecule has 1 heterocycles. The van der Waals surface area contributed by atoms with Crippen LogP contribution >= 0.6 is 0 Å². The molecule has 3 atom stereocenters. The number of hydrogen-bond donors (Lipinski definition) is 0. The summed E-state index contributed by atoms with van der Waals surface area (Å²) in [7, 11) is 0. The minimum atomic E-state index is 0.228. The molecular weight excluding hydrogens is 206 g/mol. The van der Waals surface area contributed by atoms with Crippen LogP contribution in [0.3, 0.4) is 0 Å². The van der Waals surface area contributed by atoms with Crippen molar-refractivity contribution >= 4 is 0 Å². The molecule has 2 rings (SSSR count). The molecule has 1 saturated heterocycles. The molecule has 1 aliphatic heterocycles. The summed E-state index contributed by atoms with van der Waals surface area (Å²) in [6, 6.07) is 1.75. The number of nitrogens with zero attached hydrogens (tertiary/aromatic N) is 1. The van der Waals surface area contributed by atoms with Crippen molar-refractivity contribution in [2.24, 2.45) is 0 Å². The molecule has 0 N–H and O–H groups in total.